The number of carbonyl (C=O) groups is 1. The minimum atomic E-state index is -0.958. The predicted molar refractivity (Wildman–Crippen MR) is 64.1 cm³/mol. The summed E-state index contributed by atoms with van der Waals surface area (Å²) in [4.78, 5) is 16.9. The normalized spacial score (nSPS) is 10.8. The zero-order valence-electron chi connectivity index (χ0n) is 10.1. The summed E-state index contributed by atoms with van der Waals surface area (Å²) in [5, 5.41) is 12.6. The lowest BCUT2D eigenvalue weighted by atomic mass is 10.1. The second kappa shape index (κ2) is 4.97. The van der Waals surface area contributed by atoms with Gasteiger partial charge in [-0.05, 0) is 38.4 Å². The zero-order chi connectivity index (χ0) is 13.1. The van der Waals surface area contributed by atoms with Gasteiger partial charge in [0.2, 0.25) is 0 Å². The third kappa shape index (κ3) is 2.72. The van der Waals surface area contributed by atoms with E-state index in [0.717, 1.165) is 0 Å². The van der Waals surface area contributed by atoms with Crippen molar-refractivity contribution in [2.24, 2.45) is 0 Å². The minimum absolute atomic E-state index is 0.229. The van der Waals surface area contributed by atoms with E-state index in [2.05, 4.69) is 10.1 Å². The number of benzene rings is 1. The number of aromatic nitrogens is 2. The Morgan fingerprint density at radius 1 is 1.33 bits per heavy atom. The van der Waals surface area contributed by atoms with Crippen LogP contribution in [0.4, 0.5) is 0 Å². The molecule has 94 valence electrons. The number of carboxylic acids is 1. The highest BCUT2D eigenvalue weighted by Gasteiger charge is 2.10. The molecule has 0 saturated carbocycles. The van der Waals surface area contributed by atoms with Gasteiger partial charge in [-0.2, -0.15) is 4.98 Å². The molecule has 0 unspecified atom stereocenters. The van der Waals surface area contributed by atoms with E-state index in [9.17, 15) is 4.79 Å². The molecule has 0 aliphatic heterocycles. The summed E-state index contributed by atoms with van der Waals surface area (Å²) in [6.07, 6.45) is 0. The quantitative estimate of drug-likeness (QED) is 0.881. The number of aromatic carboxylic acids is 1. The Morgan fingerprint density at radius 3 is 2.56 bits per heavy atom. The van der Waals surface area contributed by atoms with Crippen LogP contribution < -0.4 is 0 Å². The summed E-state index contributed by atoms with van der Waals surface area (Å²) < 4.78 is 5.12. The fourth-order valence-corrected chi connectivity index (χ4v) is 1.47. The molecule has 0 fully saturated rings. The molecule has 0 aliphatic carbocycles. The molecule has 0 radical (unpaired) electrons. The van der Waals surface area contributed by atoms with Crippen molar-refractivity contribution in [2.75, 3.05) is 14.1 Å². The number of carboxylic acid groups (broad SMARTS) is 1. The highest BCUT2D eigenvalue weighted by atomic mass is 16.5. The van der Waals surface area contributed by atoms with E-state index in [1.807, 2.05) is 19.0 Å². The van der Waals surface area contributed by atoms with E-state index >= 15 is 0 Å². The maximum absolute atomic E-state index is 10.7. The van der Waals surface area contributed by atoms with E-state index in [1.165, 1.54) is 12.1 Å². The zero-order valence-corrected chi connectivity index (χ0v) is 10.1. The summed E-state index contributed by atoms with van der Waals surface area (Å²) >= 11 is 0. The molecule has 0 spiro atoms. The Bertz CT molecular complexity index is 546. The van der Waals surface area contributed by atoms with Crippen LogP contribution in [0.5, 0.6) is 0 Å². The molecular weight excluding hydrogens is 234 g/mol. The number of rotatable bonds is 4. The van der Waals surface area contributed by atoms with E-state index in [-0.39, 0.29) is 5.56 Å². The largest absolute Gasteiger partial charge is 0.478 e. The van der Waals surface area contributed by atoms with Crippen LogP contribution in [0.15, 0.2) is 28.8 Å². The molecule has 6 heteroatoms. The van der Waals surface area contributed by atoms with Crippen molar-refractivity contribution in [3.05, 3.63) is 35.7 Å². The van der Waals surface area contributed by atoms with Gasteiger partial charge in [-0.3, -0.25) is 0 Å². The average molecular weight is 247 g/mol. The Labute approximate surface area is 104 Å². The summed E-state index contributed by atoms with van der Waals surface area (Å²) in [6, 6.07) is 6.31. The van der Waals surface area contributed by atoms with Gasteiger partial charge in [0.1, 0.15) is 0 Å². The Balaban J connectivity index is 2.20. The van der Waals surface area contributed by atoms with Crippen LogP contribution in [-0.4, -0.2) is 40.2 Å². The van der Waals surface area contributed by atoms with Gasteiger partial charge in [-0.1, -0.05) is 5.16 Å². The van der Waals surface area contributed by atoms with Gasteiger partial charge in [-0.25, -0.2) is 4.79 Å². The van der Waals surface area contributed by atoms with Crippen LogP contribution in [0.1, 0.15) is 16.2 Å². The van der Waals surface area contributed by atoms with Crippen LogP contribution in [0, 0.1) is 0 Å². The van der Waals surface area contributed by atoms with Gasteiger partial charge < -0.3 is 14.5 Å². The topological polar surface area (TPSA) is 79.5 Å². The second-order valence-electron chi connectivity index (χ2n) is 4.14. The summed E-state index contributed by atoms with van der Waals surface area (Å²) in [5.74, 6) is 0.0291. The van der Waals surface area contributed by atoms with Gasteiger partial charge in [-0.15, -0.1) is 0 Å². The standard InChI is InChI=1S/C12H13N3O3/c1-15(2)7-10-13-11(18-14-10)8-3-5-9(6-4-8)12(16)17/h3-6H,7H2,1-2H3,(H,16,17). The molecule has 0 amide bonds. The van der Waals surface area contributed by atoms with Crippen molar-refractivity contribution in [1.82, 2.24) is 15.0 Å². The molecule has 0 aliphatic rings. The van der Waals surface area contributed by atoms with Gasteiger partial charge in [0.15, 0.2) is 5.82 Å². The fraction of sp³-hybridized carbons (Fsp3) is 0.250. The minimum Gasteiger partial charge on any atom is -0.478 e. The van der Waals surface area contributed by atoms with Crippen LogP contribution in [-0.2, 0) is 6.54 Å². The molecule has 1 N–H and O–H groups in total. The van der Waals surface area contributed by atoms with Crippen LogP contribution in [0.25, 0.3) is 11.5 Å². The third-order valence-electron chi connectivity index (χ3n) is 2.30. The molecule has 1 aromatic carbocycles. The lowest BCUT2D eigenvalue weighted by Gasteiger charge is -2.03. The average Bonchev–Trinajstić information content (AvgIpc) is 2.76. The van der Waals surface area contributed by atoms with E-state index < -0.39 is 5.97 Å². The van der Waals surface area contributed by atoms with Gasteiger partial charge in [0.25, 0.3) is 5.89 Å². The molecule has 6 nitrogen and oxygen atoms in total. The first-order valence-electron chi connectivity index (χ1n) is 5.37. The highest BCUT2D eigenvalue weighted by molar-refractivity contribution is 5.88. The molecule has 18 heavy (non-hydrogen) atoms. The molecule has 0 saturated heterocycles. The molecule has 2 rings (SSSR count). The van der Waals surface area contributed by atoms with Gasteiger partial charge in [0, 0.05) is 5.56 Å². The predicted octanol–water partition coefficient (Wildman–Crippen LogP) is 1.50. The lowest BCUT2D eigenvalue weighted by molar-refractivity contribution is 0.0697. The molecule has 0 atom stereocenters. The van der Waals surface area contributed by atoms with Crippen molar-refractivity contribution in [2.45, 2.75) is 6.54 Å². The summed E-state index contributed by atoms with van der Waals surface area (Å²) in [6.45, 7) is 0.594. The van der Waals surface area contributed by atoms with Crippen molar-refractivity contribution in [3.63, 3.8) is 0 Å². The van der Waals surface area contributed by atoms with Crippen LogP contribution in [0.2, 0.25) is 0 Å². The molecular formula is C12H13N3O3. The molecule has 1 heterocycles. The first-order valence-corrected chi connectivity index (χ1v) is 5.37. The number of nitrogens with zero attached hydrogens (tertiary/aromatic N) is 3. The van der Waals surface area contributed by atoms with Crippen LogP contribution in [0.3, 0.4) is 0 Å². The summed E-state index contributed by atoms with van der Waals surface area (Å²) in [5.41, 5.74) is 0.935. The van der Waals surface area contributed by atoms with Gasteiger partial charge in [0.05, 0.1) is 12.1 Å². The van der Waals surface area contributed by atoms with Crippen molar-refractivity contribution < 1.29 is 14.4 Å². The van der Waals surface area contributed by atoms with Crippen molar-refractivity contribution in [1.29, 1.82) is 0 Å². The number of hydrogen-bond donors (Lipinski definition) is 1. The monoisotopic (exact) mass is 247 g/mol. The fourth-order valence-electron chi connectivity index (χ4n) is 1.47. The Morgan fingerprint density at radius 2 is 2.00 bits per heavy atom. The second-order valence-corrected chi connectivity index (χ2v) is 4.14. The maximum Gasteiger partial charge on any atom is 0.335 e. The number of hydrogen-bond acceptors (Lipinski definition) is 5. The first kappa shape index (κ1) is 12.3. The smallest absolute Gasteiger partial charge is 0.335 e. The molecule has 0 bridgehead atoms. The van der Waals surface area contributed by atoms with E-state index in [4.69, 9.17) is 9.63 Å². The van der Waals surface area contributed by atoms with Crippen molar-refractivity contribution >= 4 is 5.97 Å². The highest BCUT2D eigenvalue weighted by Crippen LogP contribution is 2.18. The van der Waals surface area contributed by atoms with Gasteiger partial charge >= 0.3 is 5.97 Å². The van der Waals surface area contributed by atoms with E-state index in [0.29, 0.717) is 23.8 Å². The Hall–Kier alpha value is -2.21. The lowest BCUT2D eigenvalue weighted by Crippen LogP contribution is -2.11. The first-order chi connectivity index (χ1) is 8.56. The SMILES string of the molecule is CN(C)Cc1noc(-c2ccc(C(=O)O)cc2)n1. The summed E-state index contributed by atoms with van der Waals surface area (Å²) in [7, 11) is 3.83. The maximum atomic E-state index is 10.7. The van der Waals surface area contributed by atoms with Crippen molar-refractivity contribution in [3.8, 4) is 11.5 Å². The third-order valence-corrected chi connectivity index (χ3v) is 2.30. The Kier molecular flexibility index (Phi) is 3.38. The molecule has 1 aromatic heterocycles. The molecule has 2 aromatic rings. The van der Waals surface area contributed by atoms with Crippen LogP contribution >= 0.6 is 0 Å². The van der Waals surface area contributed by atoms with E-state index in [1.54, 1.807) is 12.1 Å².